The molecule has 4 heteroatoms. The highest BCUT2D eigenvalue weighted by molar-refractivity contribution is 7.86. The molecule has 1 aromatic rings. The first-order chi connectivity index (χ1) is 12.1. The molecule has 0 spiro atoms. The molecule has 3 nitrogen and oxygen atoms in total. The van der Waals surface area contributed by atoms with Gasteiger partial charge in [0, 0.05) is 5.92 Å². The van der Waals surface area contributed by atoms with E-state index in [0.717, 1.165) is 18.4 Å². The maximum absolute atomic E-state index is 12.6. The number of rotatable bonds is 4. The lowest BCUT2D eigenvalue weighted by Gasteiger charge is -2.56. The molecule has 2 aliphatic carbocycles. The average Bonchev–Trinajstić information content (AvgIpc) is 2.53. The van der Waals surface area contributed by atoms with Crippen molar-refractivity contribution >= 4 is 10.1 Å². The fourth-order valence-corrected chi connectivity index (χ4v) is 6.31. The number of hydrogen-bond acceptors (Lipinski definition) is 3. The largest absolute Gasteiger partial charge is 0.296 e. The Bertz CT molecular complexity index is 789. The molecule has 0 saturated heterocycles. The number of benzene rings is 1. The van der Waals surface area contributed by atoms with Crippen molar-refractivity contribution in [2.75, 3.05) is 6.61 Å². The van der Waals surface area contributed by atoms with Gasteiger partial charge in [0.15, 0.2) is 0 Å². The smallest absolute Gasteiger partial charge is 0.266 e. The number of aryl methyl sites for hydroxylation is 1. The van der Waals surface area contributed by atoms with Crippen LogP contribution in [0.25, 0.3) is 0 Å². The van der Waals surface area contributed by atoms with Crippen LogP contribution in [0.3, 0.4) is 0 Å². The second-order valence-corrected chi connectivity index (χ2v) is 10.8. The molecule has 0 aromatic heterocycles. The van der Waals surface area contributed by atoms with Crippen molar-refractivity contribution in [1.29, 1.82) is 0 Å². The molecule has 1 saturated carbocycles. The normalized spacial score (nSPS) is 31.2. The molecule has 144 valence electrons. The van der Waals surface area contributed by atoms with E-state index in [1.54, 1.807) is 12.1 Å². The van der Waals surface area contributed by atoms with E-state index < -0.39 is 10.1 Å². The summed E-state index contributed by atoms with van der Waals surface area (Å²) in [5.74, 6) is 0.726. The highest BCUT2D eigenvalue weighted by Gasteiger charge is 2.52. The highest BCUT2D eigenvalue weighted by atomic mass is 32.2. The van der Waals surface area contributed by atoms with Crippen LogP contribution in [0.1, 0.15) is 58.9 Å². The van der Waals surface area contributed by atoms with Gasteiger partial charge in [-0.15, -0.1) is 0 Å². The average molecular weight is 377 g/mol. The predicted octanol–water partition coefficient (Wildman–Crippen LogP) is 5.50. The van der Waals surface area contributed by atoms with Gasteiger partial charge in [0.25, 0.3) is 10.1 Å². The number of fused-ring (bicyclic) bond motifs is 1. The fraction of sp³-hybridized carbons (Fsp3) is 0.636. The van der Waals surface area contributed by atoms with E-state index in [1.807, 2.05) is 19.1 Å². The van der Waals surface area contributed by atoms with E-state index in [2.05, 4.69) is 33.8 Å². The van der Waals surface area contributed by atoms with E-state index >= 15 is 0 Å². The lowest BCUT2D eigenvalue weighted by Crippen LogP contribution is -2.49. The summed E-state index contributed by atoms with van der Waals surface area (Å²) in [4.78, 5) is 0.242. The van der Waals surface area contributed by atoms with Crippen LogP contribution in [0.4, 0.5) is 0 Å². The van der Waals surface area contributed by atoms with Crippen LogP contribution in [0.5, 0.6) is 0 Å². The Hall–Kier alpha value is -1.13. The molecular weight excluding hydrogens is 344 g/mol. The van der Waals surface area contributed by atoms with Crippen LogP contribution in [-0.4, -0.2) is 15.0 Å². The van der Waals surface area contributed by atoms with Gasteiger partial charge < -0.3 is 0 Å². The maximum atomic E-state index is 12.6. The molecule has 3 atom stereocenters. The fourth-order valence-electron chi connectivity index (χ4n) is 5.39. The van der Waals surface area contributed by atoms with Crippen LogP contribution in [0.2, 0.25) is 0 Å². The molecule has 1 fully saturated rings. The van der Waals surface area contributed by atoms with Gasteiger partial charge in [-0.05, 0) is 62.0 Å². The highest BCUT2D eigenvalue weighted by Crippen LogP contribution is 2.59. The Kier molecular flexibility index (Phi) is 5.13. The predicted molar refractivity (Wildman–Crippen MR) is 105 cm³/mol. The number of allylic oxidation sites excluding steroid dienone is 1. The zero-order chi connectivity index (χ0) is 19.2. The third-order valence-corrected chi connectivity index (χ3v) is 8.29. The maximum Gasteiger partial charge on any atom is 0.296 e. The Labute approximate surface area is 159 Å². The van der Waals surface area contributed by atoms with Crippen molar-refractivity contribution in [3.63, 3.8) is 0 Å². The van der Waals surface area contributed by atoms with Gasteiger partial charge in [-0.1, -0.05) is 56.5 Å². The van der Waals surface area contributed by atoms with Crippen molar-refractivity contribution in [1.82, 2.24) is 0 Å². The summed E-state index contributed by atoms with van der Waals surface area (Å²) in [7, 11) is -3.72. The van der Waals surface area contributed by atoms with E-state index in [0.29, 0.717) is 5.92 Å². The Morgan fingerprint density at radius 2 is 1.73 bits per heavy atom. The van der Waals surface area contributed by atoms with Crippen LogP contribution in [-0.2, 0) is 14.3 Å². The molecule has 1 aromatic carbocycles. The summed E-state index contributed by atoms with van der Waals surface area (Å²) in [5, 5.41) is 0. The summed E-state index contributed by atoms with van der Waals surface area (Å²) >= 11 is 0. The van der Waals surface area contributed by atoms with Crippen LogP contribution < -0.4 is 0 Å². The van der Waals surface area contributed by atoms with Crippen LogP contribution in [0, 0.1) is 29.6 Å². The zero-order valence-corrected chi connectivity index (χ0v) is 17.5. The van der Waals surface area contributed by atoms with Crippen molar-refractivity contribution in [3.05, 3.63) is 41.5 Å². The van der Waals surface area contributed by atoms with Crippen molar-refractivity contribution in [2.45, 2.75) is 65.2 Å². The van der Waals surface area contributed by atoms with Gasteiger partial charge >= 0.3 is 0 Å². The molecule has 0 heterocycles. The molecule has 0 aliphatic heterocycles. The topological polar surface area (TPSA) is 43.4 Å². The zero-order valence-electron chi connectivity index (χ0n) is 16.7. The molecule has 1 unspecified atom stereocenters. The molecular formula is C22H32O3S. The second-order valence-electron chi connectivity index (χ2n) is 9.19. The molecule has 0 amide bonds. The molecule has 2 aliphatic rings. The van der Waals surface area contributed by atoms with Crippen LogP contribution in [0.15, 0.2) is 40.8 Å². The Morgan fingerprint density at radius 3 is 2.38 bits per heavy atom. The van der Waals surface area contributed by atoms with Gasteiger partial charge in [-0.3, -0.25) is 4.18 Å². The van der Waals surface area contributed by atoms with Crippen molar-refractivity contribution in [2.24, 2.45) is 22.7 Å². The SMILES string of the molecule is CC1=CCC2C(C)(C)CCC[C@@]2(C)[C@H]1COS(=O)(=O)c1ccc(C)cc1. The first-order valence-corrected chi connectivity index (χ1v) is 11.1. The molecule has 0 bridgehead atoms. The van der Waals surface area contributed by atoms with Crippen LogP contribution >= 0.6 is 0 Å². The first kappa shape index (κ1) is 19.6. The summed E-state index contributed by atoms with van der Waals surface area (Å²) in [6.07, 6.45) is 7.00. The summed E-state index contributed by atoms with van der Waals surface area (Å²) < 4.78 is 30.9. The monoisotopic (exact) mass is 376 g/mol. The van der Waals surface area contributed by atoms with Gasteiger partial charge in [0.2, 0.25) is 0 Å². The van der Waals surface area contributed by atoms with E-state index in [-0.39, 0.29) is 28.3 Å². The van der Waals surface area contributed by atoms with Crippen molar-refractivity contribution in [3.8, 4) is 0 Å². The Balaban J connectivity index is 1.83. The first-order valence-electron chi connectivity index (χ1n) is 9.69. The van der Waals surface area contributed by atoms with Crippen molar-refractivity contribution < 1.29 is 12.6 Å². The molecule has 0 N–H and O–H groups in total. The minimum atomic E-state index is -3.72. The summed E-state index contributed by atoms with van der Waals surface area (Å²) in [6, 6.07) is 6.87. The minimum absolute atomic E-state index is 0.101. The standard InChI is InChI=1S/C22H32O3S/c1-16-7-10-18(11-8-16)26(23,24)25-15-19-17(2)9-12-20-21(3,4)13-6-14-22(19,20)5/h7-11,19-20H,6,12-15H2,1-5H3/t19-,20?,22-/m0/s1. The minimum Gasteiger partial charge on any atom is -0.266 e. The molecule has 26 heavy (non-hydrogen) atoms. The van der Waals surface area contributed by atoms with E-state index in [9.17, 15) is 8.42 Å². The molecule has 3 rings (SSSR count). The van der Waals surface area contributed by atoms with E-state index in [1.165, 1.54) is 18.4 Å². The Morgan fingerprint density at radius 1 is 1.08 bits per heavy atom. The van der Waals surface area contributed by atoms with Gasteiger partial charge in [-0.25, -0.2) is 0 Å². The summed E-state index contributed by atoms with van der Waals surface area (Å²) in [6.45, 7) is 11.4. The quantitative estimate of drug-likeness (QED) is 0.515. The third kappa shape index (κ3) is 3.50. The molecule has 0 radical (unpaired) electrons. The summed E-state index contributed by atoms with van der Waals surface area (Å²) in [5.41, 5.74) is 2.71. The number of hydrogen-bond donors (Lipinski definition) is 0. The third-order valence-electron chi connectivity index (χ3n) is 7.00. The lowest BCUT2D eigenvalue weighted by atomic mass is 9.49. The second kappa shape index (κ2) is 6.79. The van der Waals surface area contributed by atoms with Gasteiger partial charge in [0.05, 0.1) is 11.5 Å². The lowest BCUT2D eigenvalue weighted by molar-refractivity contribution is -0.0474. The van der Waals surface area contributed by atoms with Gasteiger partial charge in [-0.2, -0.15) is 8.42 Å². The van der Waals surface area contributed by atoms with E-state index in [4.69, 9.17) is 4.18 Å². The van der Waals surface area contributed by atoms with Gasteiger partial charge in [0.1, 0.15) is 0 Å².